The van der Waals surface area contributed by atoms with E-state index < -0.39 is 0 Å². The summed E-state index contributed by atoms with van der Waals surface area (Å²) < 4.78 is 7.53. The lowest BCUT2D eigenvalue weighted by molar-refractivity contribution is 0.568. The molecule has 0 amide bonds. The van der Waals surface area contributed by atoms with Gasteiger partial charge in [0.2, 0.25) is 0 Å². The van der Waals surface area contributed by atoms with Gasteiger partial charge in [0.1, 0.15) is 11.8 Å². The molecule has 2 aromatic heterocycles. The number of rotatable bonds is 3. The van der Waals surface area contributed by atoms with Gasteiger partial charge in [-0.3, -0.25) is 0 Å². The average molecular weight is 214 g/mol. The van der Waals surface area contributed by atoms with Crippen molar-refractivity contribution in [3.8, 4) is 17.5 Å². The first-order valence-electron chi connectivity index (χ1n) is 5.42. The van der Waals surface area contributed by atoms with Crippen molar-refractivity contribution in [3.05, 3.63) is 35.7 Å². The fourth-order valence-electron chi connectivity index (χ4n) is 1.90. The highest BCUT2D eigenvalue weighted by atomic mass is 16.3. The molecule has 2 heterocycles. The number of aromatic nitrogens is 1. The summed E-state index contributed by atoms with van der Waals surface area (Å²) in [4.78, 5) is 0. The molecule has 3 heteroatoms. The third kappa shape index (κ3) is 1.63. The van der Waals surface area contributed by atoms with Gasteiger partial charge in [-0.15, -0.1) is 0 Å². The molecule has 82 valence electrons. The summed E-state index contributed by atoms with van der Waals surface area (Å²) in [6, 6.07) is 7.89. The van der Waals surface area contributed by atoms with Crippen LogP contribution >= 0.6 is 0 Å². The van der Waals surface area contributed by atoms with Crippen molar-refractivity contribution in [3.63, 3.8) is 0 Å². The molecule has 0 N–H and O–H groups in total. The first-order chi connectivity index (χ1) is 7.77. The molecule has 0 saturated carbocycles. The van der Waals surface area contributed by atoms with Crippen LogP contribution in [0.2, 0.25) is 0 Å². The Morgan fingerprint density at radius 1 is 1.50 bits per heavy atom. The molecule has 0 radical (unpaired) electrons. The molecule has 0 aliphatic rings. The number of nitriles is 1. The van der Waals surface area contributed by atoms with Crippen molar-refractivity contribution < 1.29 is 4.42 Å². The third-order valence-corrected chi connectivity index (χ3v) is 2.71. The summed E-state index contributed by atoms with van der Waals surface area (Å²) >= 11 is 0. The number of hydrogen-bond acceptors (Lipinski definition) is 2. The predicted molar refractivity (Wildman–Crippen MR) is 61.9 cm³/mol. The molecule has 0 fully saturated rings. The molecule has 0 aliphatic heterocycles. The van der Waals surface area contributed by atoms with Crippen LogP contribution in [0.5, 0.6) is 0 Å². The van der Waals surface area contributed by atoms with Gasteiger partial charge in [-0.2, -0.15) is 5.26 Å². The van der Waals surface area contributed by atoms with E-state index >= 15 is 0 Å². The zero-order valence-electron chi connectivity index (χ0n) is 9.53. The monoisotopic (exact) mass is 214 g/mol. The molecule has 0 saturated heterocycles. The van der Waals surface area contributed by atoms with E-state index in [2.05, 4.69) is 17.6 Å². The van der Waals surface area contributed by atoms with Crippen molar-refractivity contribution >= 4 is 0 Å². The first-order valence-corrected chi connectivity index (χ1v) is 5.42. The van der Waals surface area contributed by atoms with Crippen molar-refractivity contribution in [2.75, 3.05) is 0 Å². The molecule has 2 rings (SSSR count). The van der Waals surface area contributed by atoms with Gasteiger partial charge in [-0.1, -0.05) is 6.92 Å². The first kappa shape index (κ1) is 10.6. The van der Waals surface area contributed by atoms with E-state index in [9.17, 15) is 0 Å². The van der Waals surface area contributed by atoms with Gasteiger partial charge >= 0.3 is 0 Å². The summed E-state index contributed by atoms with van der Waals surface area (Å²) in [5.41, 5.74) is 2.72. The van der Waals surface area contributed by atoms with E-state index in [1.807, 2.05) is 25.1 Å². The summed E-state index contributed by atoms with van der Waals surface area (Å²) in [6.45, 7) is 5.00. The van der Waals surface area contributed by atoms with E-state index in [4.69, 9.17) is 9.68 Å². The van der Waals surface area contributed by atoms with Gasteiger partial charge in [0.05, 0.1) is 17.5 Å². The van der Waals surface area contributed by atoms with Gasteiger partial charge in [-0.25, -0.2) is 0 Å². The zero-order valence-corrected chi connectivity index (χ0v) is 9.53. The summed E-state index contributed by atoms with van der Waals surface area (Å²) in [6.07, 6.45) is 2.69. The highest BCUT2D eigenvalue weighted by Gasteiger charge is 2.13. The molecule has 2 aromatic rings. The lowest BCUT2D eigenvalue weighted by Crippen LogP contribution is -2.01. The Labute approximate surface area is 94.9 Å². The van der Waals surface area contributed by atoms with Crippen molar-refractivity contribution in [2.24, 2.45) is 0 Å². The topological polar surface area (TPSA) is 41.9 Å². The van der Waals surface area contributed by atoms with Crippen molar-refractivity contribution in [1.29, 1.82) is 5.26 Å². The van der Waals surface area contributed by atoms with Gasteiger partial charge < -0.3 is 8.98 Å². The molecular weight excluding hydrogens is 200 g/mol. The maximum absolute atomic E-state index is 9.03. The fraction of sp³-hybridized carbons (Fsp3) is 0.308. The molecule has 0 aliphatic carbocycles. The van der Waals surface area contributed by atoms with Gasteiger partial charge in [-0.05, 0) is 31.5 Å². The maximum atomic E-state index is 9.03. The summed E-state index contributed by atoms with van der Waals surface area (Å²) in [5, 5.41) is 9.03. The largest absolute Gasteiger partial charge is 0.463 e. The van der Waals surface area contributed by atoms with Crippen LogP contribution in [0.4, 0.5) is 0 Å². The van der Waals surface area contributed by atoms with Crippen molar-refractivity contribution in [2.45, 2.75) is 26.8 Å². The maximum Gasteiger partial charge on any atom is 0.150 e. The lowest BCUT2D eigenvalue weighted by Gasteiger charge is -2.08. The molecule has 3 nitrogen and oxygen atoms in total. The fourth-order valence-corrected chi connectivity index (χ4v) is 1.90. The Kier molecular flexibility index (Phi) is 2.82. The van der Waals surface area contributed by atoms with Crippen LogP contribution in [0.3, 0.4) is 0 Å². The number of furan rings is 1. The van der Waals surface area contributed by atoms with Crippen LogP contribution in [0.25, 0.3) is 11.5 Å². The van der Waals surface area contributed by atoms with Gasteiger partial charge in [0.25, 0.3) is 0 Å². The van der Waals surface area contributed by atoms with Crippen LogP contribution < -0.4 is 0 Å². The molecule has 0 bridgehead atoms. The Morgan fingerprint density at radius 2 is 2.31 bits per heavy atom. The van der Waals surface area contributed by atoms with Gasteiger partial charge in [0.15, 0.2) is 0 Å². The Morgan fingerprint density at radius 3 is 2.88 bits per heavy atom. The second kappa shape index (κ2) is 4.28. The molecular formula is C13H14N2O. The normalized spacial score (nSPS) is 10.3. The number of hydrogen-bond donors (Lipinski definition) is 0. The average Bonchev–Trinajstić information content (AvgIpc) is 2.89. The van der Waals surface area contributed by atoms with E-state index in [0.717, 1.165) is 35.7 Å². The molecule has 0 atom stereocenters. The highest BCUT2D eigenvalue weighted by molar-refractivity contribution is 5.59. The van der Waals surface area contributed by atoms with Crippen LogP contribution in [0.15, 0.2) is 28.9 Å². The Hall–Kier alpha value is -1.95. The van der Waals surface area contributed by atoms with E-state index in [0.29, 0.717) is 0 Å². The van der Waals surface area contributed by atoms with Gasteiger partial charge in [0, 0.05) is 12.2 Å². The van der Waals surface area contributed by atoms with E-state index in [-0.39, 0.29) is 0 Å². The molecule has 0 aromatic carbocycles. The lowest BCUT2D eigenvalue weighted by atomic mass is 10.2. The Balaban J connectivity index is 2.56. The smallest absolute Gasteiger partial charge is 0.150 e. The minimum absolute atomic E-state index is 0.722. The Bertz CT molecular complexity index is 515. The van der Waals surface area contributed by atoms with E-state index in [1.165, 1.54) is 0 Å². The molecule has 0 unspecified atom stereocenters. The quantitative estimate of drug-likeness (QED) is 0.786. The minimum atomic E-state index is 0.722. The SMILES string of the molecule is CCCn1c(-c2ccco2)cc(C#N)c1C. The standard InChI is InChI=1S/C13H14N2O/c1-3-6-15-10(2)11(9-14)8-12(15)13-5-4-7-16-13/h4-5,7-8H,3,6H2,1-2H3. The second-order valence-corrected chi connectivity index (χ2v) is 3.77. The third-order valence-electron chi connectivity index (χ3n) is 2.71. The summed E-state index contributed by atoms with van der Waals surface area (Å²) in [7, 11) is 0. The molecule has 16 heavy (non-hydrogen) atoms. The predicted octanol–water partition coefficient (Wildman–Crippen LogP) is 3.34. The van der Waals surface area contributed by atoms with Crippen molar-refractivity contribution in [1.82, 2.24) is 4.57 Å². The van der Waals surface area contributed by atoms with E-state index in [1.54, 1.807) is 6.26 Å². The zero-order chi connectivity index (χ0) is 11.5. The molecule has 0 spiro atoms. The second-order valence-electron chi connectivity index (χ2n) is 3.77. The van der Waals surface area contributed by atoms with Crippen LogP contribution in [0, 0.1) is 18.3 Å². The minimum Gasteiger partial charge on any atom is -0.463 e. The summed E-state index contributed by atoms with van der Waals surface area (Å²) in [5.74, 6) is 0.818. The van der Waals surface area contributed by atoms with Crippen LogP contribution in [0.1, 0.15) is 24.6 Å². The number of nitrogens with zero attached hydrogens (tertiary/aromatic N) is 2. The highest BCUT2D eigenvalue weighted by Crippen LogP contribution is 2.26. The van der Waals surface area contributed by atoms with Crippen LogP contribution in [-0.4, -0.2) is 4.57 Å². The van der Waals surface area contributed by atoms with Crippen LogP contribution in [-0.2, 0) is 6.54 Å².